The SMILES string of the molecule is BrC1C2CCCCC2C(C2CCCCC2)C2CCCCC12. The molecule has 4 aliphatic carbocycles. The van der Waals surface area contributed by atoms with E-state index in [9.17, 15) is 0 Å². The first kappa shape index (κ1) is 15.0. The van der Waals surface area contributed by atoms with Gasteiger partial charge in [-0.25, -0.2) is 0 Å². The Kier molecular flexibility index (Phi) is 4.68. The summed E-state index contributed by atoms with van der Waals surface area (Å²) in [6, 6.07) is 0. The van der Waals surface area contributed by atoms with E-state index >= 15 is 0 Å². The third-order valence-electron chi connectivity index (χ3n) is 7.75. The fourth-order valence-electron chi connectivity index (χ4n) is 6.98. The van der Waals surface area contributed by atoms with E-state index in [1.54, 1.807) is 25.7 Å². The van der Waals surface area contributed by atoms with Crippen molar-refractivity contribution in [1.29, 1.82) is 0 Å². The maximum Gasteiger partial charge on any atom is 0.0207 e. The van der Waals surface area contributed by atoms with Crippen LogP contribution in [0.4, 0.5) is 0 Å². The Hall–Kier alpha value is 0.480. The summed E-state index contributed by atoms with van der Waals surface area (Å²) in [5, 5.41) is 0. The molecule has 4 aliphatic rings. The zero-order chi connectivity index (χ0) is 14.2. The van der Waals surface area contributed by atoms with Gasteiger partial charge in [0.15, 0.2) is 0 Å². The number of hydrogen-bond acceptors (Lipinski definition) is 0. The Morgan fingerprint density at radius 1 is 0.476 bits per heavy atom. The Balaban J connectivity index is 1.62. The minimum atomic E-state index is 0.868. The summed E-state index contributed by atoms with van der Waals surface area (Å²) < 4.78 is 0. The normalized spacial score (nSPS) is 48.4. The molecule has 4 fully saturated rings. The van der Waals surface area contributed by atoms with E-state index in [0.717, 1.165) is 40.3 Å². The van der Waals surface area contributed by atoms with Gasteiger partial charge in [0.05, 0.1) is 0 Å². The summed E-state index contributed by atoms with van der Waals surface area (Å²) in [7, 11) is 0. The summed E-state index contributed by atoms with van der Waals surface area (Å²) in [6.45, 7) is 0. The van der Waals surface area contributed by atoms with Crippen LogP contribution >= 0.6 is 15.9 Å². The van der Waals surface area contributed by atoms with E-state index in [2.05, 4.69) is 15.9 Å². The van der Waals surface area contributed by atoms with E-state index in [4.69, 9.17) is 0 Å². The smallest absolute Gasteiger partial charge is 0.0207 e. The highest BCUT2D eigenvalue weighted by molar-refractivity contribution is 9.09. The van der Waals surface area contributed by atoms with Gasteiger partial charge in [-0.1, -0.05) is 73.7 Å². The lowest BCUT2D eigenvalue weighted by molar-refractivity contribution is -0.0413. The minimum absolute atomic E-state index is 0.868. The maximum atomic E-state index is 4.22. The first-order valence-corrected chi connectivity index (χ1v) is 10.9. The van der Waals surface area contributed by atoms with Crippen LogP contribution in [0, 0.1) is 35.5 Å². The van der Waals surface area contributed by atoms with Gasteiger partial charge in [0.25, 0.3) is 0 Å². The van der Waals surface area contributed by atoms with Crippen LogP contribution in [0.25, 0.3) is 0 Å². The molecule has 1 heteroatoms. The second kappa shape index (κ2) is 6.54. The molecule has 4 unspecified atom stereocenters. The maximum absolute atomic E-state index is 4.22. The average molecular weight is 353 g/mol. The molecule has 120 valence electrons. The Morgan fingerprint density at radius 2 is 0.905 bits per heavy atom. The highest BCUT2D eigenvalue weighted by atomic mass is 79.9. The van der Waals surface area contributed by atoms with Gasteiger partial charge in [-0.15, -0.1) is 0 Å². The summed E-state index contributed by atoms with van der Waals surface area (Å²) in [5.74, 6) is 6.47. The molecule has 4 saturated carbocycles. The Labute approximate surface area is 140 Å². The summed E-state index contributed by atoms with van der Waals surface area (Å²) in [5.41, 5.74) is 0. The van der Waals surface area contributed by atoms with Crippen LogP contribution in [0.2, 0.25) is 0 Å². The third kappa shape index (κ3) is 2.74. The fraction of sp³-hybridized carbons (Fsp3) is 1.00. The van der Waals surface area contributed by atoms with Gasteiger partial charge < -0.3 is 0 Å². The van der Waals surface area contributed by atoms with Gasteiger partial charge in [0.2, 0.25) is 0 Å². The molecule has 0 nitrogen and oxygen atoms in total. The molecule has 0 bridgehead atoms. The summed E-state index contributed by atoms with van der Waals surface area (Å²) in [4.78, 5) is 0.868. The van der Waals surface area contributed by atoms with Gasteiger partial charge in [-0.05, 0) is 61.2 Å². The van der Waals surface area contributed by atoms with Crippen molar-refractivity contribution in [2.75, 3.05) is 0 Å². The van der Waals surface area contributed by atoms with Gasteiger partial charge >= 0.3 is 0 Å². The number of rotatable bonds is 1. The standard InChI is InChI=1S/C20H33Br/c21-20-17-12-6-4-10-15(17)19(14-8-2-1-3-9-14)16-11-5-7-13-18(16)20/h14-20H,1-13H2. The molecule has 0 radical (unpaired) electrons. The number of halogens is 1. The fourth-order valence-corrected chi connectivity index (χ4v) is 8.29. The monoisotopic (exact) mass is 352 g/mol. The van der Waals surface area contributed by atoms with Crippen LogP contribution in [-0.4, -0.2) is 4.83 Å². The van der Waals surface area contributed by atoms with Crippen molar-refractivity contribution in [3.05, 3.63) is 0 Å². The van der Waals surface area contributed by atoms with Crippen molar-refractivity contribution in [2.45, 2.75) is 88.3 Å². The van der Waals surface area contributed by atoms with Crippen molar-refractivity contribution in [1.82, 2.24) is 0 Å². The topological polar surface area (TPSA) is 0 Å². The van der Waals surface area contributed by atoms with Gasteiger partial charge in [0, 0.05) is 4.83 Å². The minimum Gasteiger partial charge on any atom is -0.0884 e. The Morgan fingerprint density at radius 3 is 1.43 bits per heavy atom. The predicted molar refractivity (Wildman–Crippen MR) is 93.7 cm³/mol. The van der Waals surface area contributed by atoms with E-state index in [0.29, 0.717) is 0 Å². The van der Waals surface area contributed by atoms with E-state index in [1.165, 1.54) is 57.8 Å². The zero-order valence-corrected chi connectivity index (χ0v) is 15.2. The average Bonchev–Trinajstić information content (AvgIpc) is 2.56. The number of hydrogen-bond donors (Lipinski definition) is 0. The van der Waals surface area contributed by atoms with Crippen LogP contribution in [0.3, 0.4) is 0 Å². The largest absolute Gasteiger partial charge is 0.0884 e. The molecule has 0 saturated heterocycles. The molecule has 0 aromatic rings. The van der Waals surface area contributed by atoms with E-state index < -0.39 is 0 Å². The zero-order valence-electron chi connectivity index (χ0n) is 13.6. The van der Waals surface area contributed by atoms with E-state index in [1.807, 2.05) is 0 Å². The van der Waals surface area contributed by atoms with Crippen molar-refractivity contribution < 1.29 is 0 Å². The summed E-state index contributed by atoms with van der Waals surface area (Å²) >= 11 is 4.22. The molecule has 0 aromatic carbocycles. The van der Waals surface area contributed by atoms with Crippen LogP contribution in [0.1, 0.15) is 83.5 Å². The third-order valence-corrected chi connectivity index (χ3v) is 9.11. The molecule has 0 N–H and O–H groups in total. The lowest BCUT2D eigenvalue weighted by Crippen LogP contribution is -2.51. The van der Waals surface area contributed by atoms with Crippen LogP contribution in [0.5, 0.6) is 0 Å². The lowest BCUT2D eigenvalue weighted by atomic mass is 9.51. The molecule has 4 atom stereocenters. The van der Waals surface area contributed by atoms with Gasteiger partial charge in [-0.3, -0.25) is 0 Å². The van der Waals surface area contributed by atoms with Gasteiger partial charge in [-0.2, -0.15) is 0 Å². The number of alkyl halides is 1. The molecule has 0 heterocycles. The first-order chi connectivity index (χ1) is 10.4. The highest BCUT2D eigenvalue weighted by Crippen LogP contribution is 2.58. The van der Waals surface area contributed by atoms with Crippen LogP contribution in [-0.2, 0) is 0 Å². The van der Waals surface area contributed by atoms with Crippen LogP contribution < -0.4 is 0 Å². The van der Waals surface area contributed by atoms with Crippen molar-refractivity contribution in [3.8, 4) is 0 Å². The second-order valence-corrected chi connectivity index (χ2v) is 9.70. The molecular weight excluding hydrogens is 320 g/mol. The van der Waals surface area contributed by atoms with Crippen molar-refractivity contribution >= 4 is 15.9 Å². The molecule has 0 spiro atoms. The van der Waals surface area contributed by atoms with Crippen molar-refractivity contribution in [3.63, 3.8) is 0 Å². The number of fused-ring (bicyclic) bond motifs is 2. The second-order valence-electron chi connectivity index (χ2n) is 8.64. The predicted octanol–water partition coefficient (Wildman–Crippen LogP) is 6.57. The molecule has 0 aromatic heterocycles. The van der Waals surface area contributed by atoms with Gasteiger partial charge in [0.1, 0.15) is 0 Å². The quantitative estimate of drug-likeness (QED) is 0.468. The Bertz CT molecular complexity index is 322. The van der Waals surface area contributed by atoms with E-state index in [-0.39, 0.29) is 0 Å². The molecule has 0 aliphatic heterocycles. The molecular formula is C20H33Br. The molecule has 4 rings (SSSR count). The van der Waals surface area contributed by atoms with Crippen LogP contribution in [0.15, 0.2) is 0 Å². The molecule has 0 amide bonds. The first-order valence-electron chi connectivity index (χ1n) is 10.0. The van der Waals surface area contributed by atoms with Crippen molar-refractivity contribution in [2.24, 2.45) is 35.5 Å². The summed E-state index contributed by atoms with van der Waals surface area (Å²) in [6.07, 6.45) is 20.0. The lowest BCUT2D eigenvalue weighted by Gasteiger charge is -2.56. The molecule has 21 heavy (non-hydrogen) atoms. The highest BCUT2D eigenvalue weighted by Gasteiger charge is 2.52.